The van der Waals surface area contributed by atoms with E-state index in [0.717, 1.165) is 18.4 Å². The smallest absolute Gasteiger partial charge is 0.302 e. The molecule has 0 amide bonds. The molecule has 1 spiro atoms. The van der Waals surface area contributed by atoms with Crippen molar-refractivity contribution in [2.24, 2.45) is 10.8 Å². The summed E-state index contributed by atoms with van der Waals surface area (Å²) in [6, 6.07) is 0. The second-order valence-electron chi connectivity index (χ2n) is 7.03. The van der Waals surface area contributed by atoms with E-state index >= 15 is 0 Å². The first kappa shape index (κ1) is 16.8. The average molecular weight is 357 g/mol. The number of rotatable bonds is 1. The molecule has 0 aliphatic heterocycles. The molecule has 2 aliphatic rings. The highest BCUT2D eigenvalue weighted by atomic mass is 79.9. The molecule has 4 heteroatoms. The average Bonchev–Trinajstić information content (AvgIpc) is 2.35. The summed E-state index contributed by atoms with van der Waals surface area (Å²) < 4.78 is 5.70. The maximum absolute atomic E-state index is 11.6. The summed E-state index contributed by atoms with van der Waals surface area (Å²) >= 11 is 3.67. The zero-order valence-electron chi connectivity index (χ0n) is 13.3. The first-order valence-electron chi connectivity index (χ1n) is 7.46. The monoisotopic (exact) mass is 356 g/mol. The minimum absolute atomic E-state index is 0.0552. The fourth-order valence-electron chi connectivity index (χ4n) is 4.13. The van der Waals surface area contributed by atoms with Crippen LogP contribution in [0.2, 0.25) is 0 Å². The van der Waals surface area contributed by atoms with Crippen LogP contribution in [0.25, 0.3) is 0 Å². The van der Waals surface area contributed by atoms with Gasteiger partial charge in [0.05, 0.1) is 6.10 Å². The van der Waals surface area contributed by atoms with Gasteiger partial charge in [0.25, 0.3) is 0 Å². The third-order valence-electron chi connectivity index (χ3n) is 5.40. The van der Waals surface area contributed by atoms with Gasteiger partial charge in [-0.05, 0) is 25.2 Å². The van der Waals surface area contributed by atoms with Gasteiger partial charge in [-0.3, -0.25) is 4.79 Å². The quantitative estimate of drug-likeness (QED) is 0.442. The maximum atomic E-state index is 11.6. The van der Waals surface area contributed by atoms with Crippen molar-refractivity contribution in [1.82, 2.24) is 0 Å². The van der Waals surface area contributed by atoms with E-state index < -0.39 is 6.10 Å². The van der Waals surface area contributed by atoms with Gasteiger partial charge >= 0.3 is 5.97 Å². The fraction of sp³-hybridized carbons (Fsp3) is 0.706. The Hall–Kier alpha value is -0.610. The summed E-state index contributed by atoms with van der Waals surface area (Å²) in [5.41, 5.74) is 1.64. The molecule has 1 fully saturated rings. The van der Waals surface area contributed by atoms with Crippen LogP contribution in [0.15, 0.2) is 23.8 Å². The van der Waals surface area contributed by atoms with Gasteiger partial charge in [0.1, 0.15) is 6.10 Å². The lowest BCUT2D eigenvalue weighted by molar-refractivity contribution is -0.161. The molecule has 1 N–H and O–H groups in total. The highest BCUT2D eigenvalue weighted by molar-refractivity contribution is 9.09. The summed E-state index contributed by atoms with van der Waals surface area (Å²) in [7, 11) is 0. The van der Waals surface area contributed by atoms with Crippen molar-refractivity contribution >= 4 is 21.9 Å². The van der Waals surface area contributed by atoms with E-state index in [1.807, 2.05) is 0 Å². The molecule has 0 bridgehead atoms. The highest BCUT2D eigenvalue weighted by Crippen LogP contribution is 2.61. The van der Waals surface area contributed by atoms with Gasteiger partial charge < -0.3 is 9.84 Å². The van der Waals surface area contributed by atoms with Gasteiger partial charge in [-0.1, -0.05) is 53.6 Å². The highest BCUT2D eigenvalue weighted by Gasteiger charge is 2.60. The fourth-order valence-corrected chi connectivity index (χ4v) is 4.73. The molecular formula is C17H25BrO3. The van der Waals surface area contributed by atoms with Crippen molar-refractivity contribution in [3.05, 3.63) is 23.8 Å². The number of alkyl halides is 1. The third kappa shape index (κ3) is 2.50. The Morgan fingerprint density at radius 3 is 2.67 bits per heavy atom. The first-order chi connectivity index (χ1) is 9.62. The van der Waals surface area contributed by atoms with E-state index in [9.17, 15) is 9.90 Å². The Morgan fingerprint density at radius 2 is 2.10 bits per heavy atom. The van der Waals surface area contributed by atoms with Crippen molar-refractivity contribution in [2.45, 2.75) is 64.0 Å². The molecule has 0 radical (unpaired) electrons. The molecule has 1 saturated carbocycles. The summed E-state index contributed by atoms with van der Waals surface area (Å²) in [5, 5.41) is 10.3. The lowest BCUT2D eigenvalue weighted by atomic mass is 9.49. The predicted molar refractivity (Wildman–Crippen MR) is 87.2 cm³/mol. The van der Waals surface area contributed by atoms with Crippen LogP contribution >= 0.6 is 15.9 Å². The van der Waals surface area contributed by atoms with Crippen LogP contribution < -0.4 is 0 Å². The van der Waals surface area contributed by atoms with Crippen molar-refractivity contribution in [3.63, 3.8) is 0 Å². The Bertz CT molecular complexity index is 494. The van der Waals surface area contributed by atoms with E-state index in [-0.39, 0.29) is 27.7 Å². The Labute approximate surface area is 135 Å². The van der Waals surface area contributed by atoms with E-state index in [4.69, 9.17) is 4.74 Å². The summed E-state index contributed by atoms with van der Waals surface area (Å²) in [5.74, 6) is -0.255. The molecule has 0 heterocycles. The van der Waals surface area contributed by atoms with Crippen molar-refractivity contribution < 1.29 is 14.6 Å². The minimum Gasteiger partial charge on any atom is -0.461 e. The van der Waals surface area contributed by atoms with Crippen molar-refractivity contribution in [2.75, 3.05) is 0 Å². The minimum atomic E-state index is -0.455. The van der Waals surface area contributed by atoms with Crippen LogP contribution in [-0.2, 0) is 9.53 Å². The molecule has 0 aromatic rings. The van der Waals surface area contributed by atoms with Gasteiger partial charge in [-0.15, -0.1) is 0 Å². The Morgan fingerprint density at radius 1 is 1.48 bits per heavy atom. The van der Waals surface area contributed by atoms with Gasteiger partial charge in [0, 0.05) is 23.6 Å². The largest absolute Gasteiger partial charge is 0.461 e. The molecule has 2 aliphatic carbocycles. The number of esters is 1. The Kier molecular flexibility index (Phi) is 4.42. The van der Waals surface area contributed by atoms with E-state index in [2.05, 4.69) is 49.4 Å². The number of aliphatic hydroxyl groups excluding tert-OH is 1. The molecule has 0 aromatic heterocycles. The first-order valence-corrected chi connectivity index (χ1v) is 8.37. The van der Waals surface area contributed by atoms with Crippen molar-refractivity contribution in [3.8, 4) is 0 Å². The molecule has 118 valence electrons. The van der Waals surface area contributed by atoms with Crippen LogP contribution in [0.4, 0.5) is 0 Å². The zero-order valence-corrected chi connectivity index (χ0v) is 14.9. The SMILES string of the molecule is C=C1CC(O)C(Br)C(C)(C)C12CC=C(C)CC2OC(C)=O. The zero-order chi connectivity index (χ0) is 16.0. The number of hydrogen-bond acceptors (Lipinski definition) is 3. The summed E-state index contributed by atoms with van der Waals surface area (Å²) in [6.07, 6.45) is 3.64. The van der Waals surface area contributed by atoms with Gasteiger partial charge in [-0.2, -0.15) is 0 Å². The number of carbonyl (C=O) groups is 1. The molecule has 2 rings (SSSR count). The van der Waals surface area contributed by atoms with Crippen LogP contribution in [0.3, 0.4) is 0 Å². The topological polar surface area (TPSA) is 46.5 Å². The molecule has 4 atom stereocenters. The van der Waals surface area contributed by atoms with Crippen LogP contribution in [-0.4, -0.2) is 28.1 Å². The van der Waals surface area contributed by atoms with Crippen molar-refractivity contribution in [1.29, 1.82) is 0 Å². The van der Waals surface area contributed by atoms with E-state index in [1.54, 1.807) is 0 Å². The summed E-state index contributed by atoms with van der Waals surface area (Å²) in [4.78, 5) is 11.5. The standard InChI is InChI=1S/C17H25BrO3/c1-10-6-7-17(14(8-10)21-12(3)19)11(2)9-13(20)15(18)16(17,4)5/h6,13-15,20H,2,7-9H2,1,3-5H3. The number of aliphatic hydroxyl groups is 1. The van der Waals surface area contributed by atoms with E-state index in [0.29, 0.717) is 6.42 Å². The van der Waals surface area contributed by atoms with Crippen LogP contribution in [0.1, 0.15) is 47.0 Å². The normalized spacial score (nSPS) is 39.0. The summed E-state index contributed by atoms with van der Waals surface area (Å²) in [6.45, 7) is 12.0. The van der Waals surface area contributed by atoms with Gasteiger partial charge in [-0.25, -0.2) is 0 Å². The molecule has 4 unspecified atom stereocenters. The predicted octanol–water partition coefficient (Wildman–Crippen LogP) is 3.76. The third-order valence-corrected chi connectivity index (χ3v) is 7.16. The molecular weight excluding hydrogens is 332 g/mol. The number of allylic oxidation sites excluding steroid dienone is 1. The lowest BCUT2D eigenvalue weighted by Gasteiger charge is -2.59. The van der Waals surface area contributed by atoms with Gasteiger partial charge in [0.15, 0.2) is 0 Å². The lowest BCUT2D eigenvalue weighted by Crippen LogP contribution is -2.60. The second-order valence-corrected chi connectivity index (χ2v) is 8.01. The molecule has 21 heavy (non-hydrogen) atoms. The van der Waals surface area contributed by atoms with Gasteiger partial charge in [0.2, 0.25) is 0 Å². The maximum Gasteiger partial charge on any atom is 0.302 e. The second kappa shape index (κ2) is 5.54. The van der Waals surface area contributed by atoms with Crippen LogP contribution in [0, 0.1) is 10.8 Å². The molecule has 0 saturated heterocycles. The number of ether oxygens (including phenoxy) is 1. The Balaban J connectivity index is 2.53. The van der Waals surface area contributed by atoms with Crippen LogP contribution in [0.5, 0.6) is 0 Å². The number of hydrogen-bond donors (Lipinski definition) is 1. The molecule has 0 aromatic carbocycles. The number of halogens is 1. The number of carbonyl (C=O) groups excluding carboxylic acids is 1. The molecule has 3 nitrogen and oxygen atoms in total. The van der Waals surface area contributed by atoms with E-state index in [1.165, 1.54) is 12.5 Å².